The summed E-state index contributed by atoms with van der Waals surface area (Å²) in [4.78, 5) is 37.9. The molecule has 0 N–H and O–H groups in total. The Balaban J connectivity index is 4.40. The summed E-state index contributed by atoms with van der Waals surface area (Å²) in [6, 6.07) is 0. The van der Waals surface area contributed by atoms with Crippen LogP contribution in [0.2, 0.25) is 0 Å². The minimum atomic E-state index is -0.789. The monoisotopic (exact) mass is 853 g/mol. The van der Waals surface area contributed by atoms with Crippen molar-refractivity contribution in [2.24, 2.45) is 0 Å². The van der Waals surface area contributed by atoms with Crippen LogP contribution in [0.4, 0.5) is 0 Å². The number of unbranched alkanes of at least 4 members (excludes halogenated alkanes) is 25. The van der Waals surface area contributed by atoms with Crippen molar-refractivity contribution in [3.05, 3.63) is 60.8 Å². The van der Waals surface area contributed by atoms with Gasteiger partial charge < -0.3 is 14.2 Å². The highest BCUT2D eigenvalue weighted by molar-refractivity contribution is 5.71. The summed E-state index contributed by atoms with van der Waals surface area (Å²) >= 11 is 0. The van der Waals surface area contributed by atoms with E-state index in [1.54, 1.807) is 0 Å². The van der Waals surface area contributed by atoms with Crippen LogP contribution < -0.4 is 0 Å². The van der Waals surface area contributed by atoms with E-state index < -0.39 is 6.10 Å². The van der Waals surface area contributed by atoms with E-state index >= 15 is 0 Å². The molecule has 0 rings (SSSR count). The Labute approximate surface area is 377 Å². The number of rotatable bonds is 46. The molecule has 6 nitrogen and oxygen atoms in total. The highest BCUT2D eigenvalue weighted by atomic mass is 16.6. The van der Waals surface area contributed by atoms with Gasteiger partial charge in [-0.05, 0) is 83.5 Å². The fraction of sp³-hybridized carbons (Fsp3) is 0.764. The van der Waals surface area contributed by atoms with Gasteiger partial charge in [0, 0.05) is 19.3 Å². The number of allylic oxidation sites excluding steroid dienone is 10. The van der Waals surface area contributed by atoms with Crippen molar-refractivity contribution < 1.29 is 28.6 Å². The molecule has 0 amide bonds. The molecule has 0 aliphatic rings. The molecule has 0 unspecified atom stereocenters. The minimum Gasteiger partial charge on any atom is -0.462 e. The van der Waals surface area contributed by atoms with E-state index in [0.29, 0.717) is 19.3 Å². The highest BCUT2D eigenvalue weighted by Gasteiger charge is 2.19. The summed E-state index contributed by atoms with van der Waals surface area (Å²) in [5.41, 5.74) is 0. The van der Waals surface area contributed by atoms with Crippen LogP contribution in [0.1, 0.15) is 252 Å². The van der Waals surface area contributed by atoms with E-state index in [-0.39, 0.29) is 31.1 Å². The second kappa shape index (κ2) is 49.8. The maximum absolute atomic E-state index is 12.8. The quantitative estimate of drug-likeness (QED) is 0.0263. The summed E-state index contributed by atoms with van der Waals surface area (Å²) < 4.78 is 16.7. The molecule has 0 fully saturated rings. The lowest BCUT2D eigenvalue weighted by molar-refractivity contribution is -0.167. The van der Waals surface area contributed by atoms with Gasteiger partial charge in [-0.25, -0.2) is 0 Å². The van der Waals surface area contributed by atoms with Crippen LogP contribution in [-0.4, -0.2) is 37.2 Å². The molecule has 1 atom stereocenters. The molecule has 61 heavy (non-hydrogen) atoms. The van der Waals surface area contributed by atoms with Gasteiger partial charge in [0.05, 0.1) is 0 Å². The fourth-order valence-electron chi connectivity index (χ4n) is 7.13. The number of carbonyl (C=O) groups is 3. The van der Waals surface area contributed by atoms with Crippen LogP contribution in [0, 0.1) is 0 Å². The molecule has 0 saturated heterocycles. The first kappa shape index (κ1) is 58.1. The molecular formula is C55H96O6. The molecule has 0 bridgehead atoms. The molecule has 0 aromatic carbocycles. The highest BCUT2D eigenvalue weighted by Crippen LogP contribution is 2.15. The summed E-state index contributed by atoms with van der Waals surface area (Å²) in [6.45, 7) is 6.48. The average Bonchev–Trinajstić information content (AvgIpc) is 3.26. The smallest absolute Gasteiger partial charge is 0.306 e. The van der Waals surface area contributed by atoms with Crippen LogP contribution in [-0.2, 0) is 28.6 Å². The summed E-state index contributed by atoms with van der Waals surface area (Å²) in [7, 11) is 0. The first-order valence-corrected chi connectivity index (χ1v) is 25.8. The molecule has 352 valence electrons. The fourth-order valence-corrected chi connectivity index (χ4v) is 7.13. The zero-order valence-corrected chi connectivity index (χ0v) is 40.2. The van der Waals surface area contributed by atoms with Gasteiger partial charge in [0.25, 0.3) is 0 Å². The number of hydrogen-bond donors (Lipinski definition) is 0. The lowest BCUT2D eigenvalue weighted by Gasteiger charge is -2.18. The molecule has 0 aliphatic carbocycles. The third kappa shape index (κ3) is 48.0. The molecule has 0 heterocycles. The molecule has 0 aliphatic heterocycles. The zero-order valence-electron chi connectivity index (χ0n) is 40.2. The second-order valence-electron chi connectivity index (χ2n) is 17.1. The number of carbonyl (C=O) groups excluding carboxylic acids is 3. The lowest BCUT2D eigenvalue weighted by Crippen LogP contribution is -2.30. The predicted molar refractivity (Wildman–Crippen MR) is 261 cm³/mol. The van der Waals surface area contributed by atoms with Crippen molar-refractivity contribution in [2.45, 2.75) is 258 Å². The van der Waals surface area contributed by atoms with Crippen LogP contribution in [0.25, 0.3) is 0 Å². The first-order valence-electron chi connectivity index (χ1n) is 25.8. The summed E-state index contributed by atoms with van der Waals surface area (Å²) in [5.74, 6) is -0.931. The standard InChI is InChI=1S/C55H96O6/c1-4-7-10-13-16-19-22-24-26-27-29-31-34-36-39-42-45-48-54(57)60-51-52(61-55(58)49-46-43-40-37-32-21-18-15-12-9-6-3)50-59-53(56)47-44-41-38-35-33-30-28-25-23-20-17-14-11-8-5-2/h8,11,17,20,24-26,28,33,35,52H,4-7,9-10,12-16,18-19,21-23,27,29-32,34,36-51H2,1-3H3/b11-8-,20-17-,26-24-,28-25-,35-33-/t52-/m1/s1. The molecule has 0 spiro atoms. The zero-order chi connectivity index (χ0) is 44.4. The Morgan fingerprint density at radius 1 is 0.344 bits per heavy atom. The minimum absolute atomic E-state index is 0.0880. The van der Waals surface area contributed by atoms with Gasteiger partial charge in [0.1, 0.15) is 13.2 Å². The van der Waals surface area contributed by atoms with Crippen LogP contribution in [0.5, 0.6) is 0 Å². The Kier molecular flexibility index (Phi) is 47.4. The Morgan fingerprint density at radius 3 is 1.05 bits per heavy atom. The van der Waals surface area contributed by atoms with E-state index in [1.807, 2.05) is 0 Å². The van der Waals surface area contributed by atoms with Gasteiger partial charge in [-0.1, -0.05) is 210 Å². The van der Waals surface area contributed by atoms with Gasteiger partial charge >= 0.3 is 17.9 Å². The third-order valence-electron chi connectivity index (χ3n) is 11.0. The molecule has 0 radical (unpaired) electrons. The van der Waals surface area contributed by atoms with Crippen LogP contribution >= 0.6 is 0 Å². The van der Waals surface area contributed by atoms with Gasteiger partial charge in [-0.2, -0.15) is 0 Å². The number of esters is 3. The molecule has 0 aromatic heterocycles. The van der Waals surface area contributed by atoms with E-state index in [9.17, 15) is 14.4 Å². The van der Waals surface area contributed by atoms with E-state index in [2.05, 4.69) is 81.5 Å². The normalized spacial score (nSPS) is 12.5. The molecular weight excluding hydrogens is 757 g/mol. The Hall–Kier alpha value is -2.89. The van der Waals surface area contributed by atoms with Crippen molar-refractivity contribution in [1.82, 2.24) is 0 Å². The molecule has 0 aromatic rings. The Morgan fingerprint density at radius 2 is 0.639 bits per heavy atom. The topological polar surface area (TPSA) is 78.9 Å². The SMILES string of the molecule is CC/C=C\C/C=C\C/C=C\C/C=C\CCCCC(=O)OC[C@H](COC(=O)CCCCCCCCC/C=C\CCCCCCCC)OC(=O)CCCCCCCCCCCCC. The average molecular weight is 853 g/mol. The van der Waals surface area contributed by atoms with Crippen molar-refractivity contribution in [3.8, 4) is 0 Å². The third-order valence-corrected chi connectivity index (χ3v) is 11.0. The first-order chi connectivity index (χ1) is 30.0. The van der Waals surface area contributed by atoms with Gasteiger partial charge in [0.2, 0.25) is 0 Å². The van der Waals surface area contributed by atoms with Crippen molar-refractivity contribution >= 4 is 17.9 Å². The van der Waals surface area contributed by atoms with E-state index in [4.69, 9.17) is 14.2 Å². The van der Waals surface area contributed by atoms with Crippen molar-refractivity contribution in [1.29, 1.82) is 0 Å². The molecule has 0 saturated carbocycles. The predicted octanol–water partition coefficient (Wildman–Crippen LogP) is 16.9. The maximum atomic E-state index is 12.8. The van der Waals surface area contributed by atoms with Crippen LogP contribution in [0.15, 0.2) is 60.8 Å². The van der Waals surface area contributed by atoms with Gasteiger partial charge in [-0.3, -0.25) is 14.4 Å². The number of ether oxygens (including phenoxy) is 3. The van der Waals surface area contributed by atoms with Crippen molar-refractivity contribution in [3.63, 3.8) is 0 Å². The largest absolute Gasteiger partial charge is 0.462 e. The van der Waals surface area contributed by atoms with Crippen LogP contribution in [0.3, 0.4) is 0 Å². The van der Waals surface area contributed by atoms with E-state index in [0.717, 1.165) is 83.5 Å². The summed E-state index contributed by atoms with van der Waals surface area (Å²) in [6.07, 6.45) is 60.6. The van der Waals surface area contributed by atoms with Gasteiger partial charge in [-0.15, -0.1) is 0 Å². The van der Waals surface area contributed by atoms with Crippen molar-refractivity contribution in [2.75, 3.05) is 13.2 Å². The Bertz CT molecular complexity index is 1120. The van der Waals surface area contributed by atoms with Gasteiger partial charge in [0.15, 0.2) is 6.10 Å². The number of hydrogen-bond acceptors (Lipinski definition) is 6. The summed E-state index contributed by atoms with van der Waals surface area (Å²) in [5, 5.41) is 0. The second-order valence-corrected chi connectivity index (χ2v) is 17.1. The maximum Gasteiger partial charge on any atom is 0.306 e. The van der Waals surface area contributed by atoms with E-state index in [1.165, 1.54) is 128 Å². The lowest BCUT2D eigenvalue weighted by atomic mass is 10.1. The molecule has 6 heteroatoms.